The van der Waals surface area contributed by atoms with Crippen LogP contribution in [0.1, 0.15) is 36.0 Å². The van der Waals surface area contributed by atoms with Gasteiger partial charge in [0.2, 0.25) is 10.0 Å². The summed E-state index contributed by atoms with van der Waals surface area (Å²) in [6.45, 7) is 0.839. The van der Waals surface area contributed by atoms with E-state index >= 15 is 0 Å². The number of ether oxygens (including phenoxy) is 3. The van der Waals surface area contributed by atoms with Gasteiger partial charge in [0.25, 0.3) is 5.91 Å². The van der Waals surface area contributed by atoms with E-state index in [0.717, 1.165) is 30.4 Å². The van der Waals surface area contributed by atoms with Gasteiger partial charge in [0.15, 0.2) is 16.3 Å². The molecule has 3 aromatic rings. The number of hydrogen-bond acceptors (Lipinski definition) is 8. The minimum absolute atomic E-state index is 0.146. The summed E-state index contributed by atoms with van der Waals surface area (Å²) >= 11 is 1.21. The van der Waals surface area contributed by atoms with Crippen LogP contribution in [0.5, 0.6) is 11.5 Å². The normalized spacial score (nSPS) is 15.4. The molecule has 0 spiro atoms. The number of esters is 1. The molecule has 4 rings (SSSR count). The maximum atomic E-state index is 13.1. The number of amides is 1. The molecule has 0 unspecified atom stereocenters. The Morgan fingerprint density at radius 3 is 2.16 bits per heavy atom. The van der Waals surface area contributed by atoms with Crippen molar-refractivity contribution in [3.63, 3.8) is 0 Å². The molecule has 1 amide bonds. The zero-order chi connectivity index (χ0) is 26.6. The minimum atomic E-state index is -3.63. The lowest BCUT2D eigenvalue weighted by atomic mass is 10.2. The summed E-state index contributed by atoms with van der Waals surface area (Å²) in [4.78, 5) is 29.8. The van der Waals surface area contributed by atoms with E-state index in [1.807, 2.05) is 0 Å². The van der Waals surface area contributed by atoms with Crippen molar-refractivity contribution in [2.24, 2.45) is 4.99 Å². The summed E-state index contributed by atoms with van der Waals surface area (Å²) in [5.41, 5.74) is 0.852. The summed E-state index contributed by atoms with van der Waals surface area (Å²) in [7, 11) is 0.681. The Morgan fingerprint density at radius 2 is 1.57 bits per heavy atom. The van der Waals surface area contributed by atoms with Crippen molar-refractivity contribution < 1.29 is 32.2 Å². The van der Waals surface area contributed by atoms with Crippen LogP contribution in [0.15, 0.2) is 46.3 Å². The number of thiazole rings is 1. The monoisotopic (exact) mass is 547 g/mol. The zero-order valence-corrected chi connectivity index (χ0v) is 22.6. The van der Waals surface area contributed by atoms with E-state index in [4.69, 9.17) is 14.2 Å². The average molecular weight is 548 g/mol. The van der Waals surface area contributed by atoms with Gasteiger partial charge in [0.1, 0.15) is 6.54 Å². The number of methoxy groups -OCH3 is 3. The molecule has 1 aliphatic rings. The van der Waals surface area contributed by atoms with Crippen molar-refractivity contribution in [2.75, 3.05) is 34.4 Å². The Kier molecular flexibility index (Phi) is 8.30. The van der Waals surface area contributed by atoms with E-state index in [-0.39, 0.29) is 21.8 Å². The van der Waals surface area contributed by atoms with Crippen molar-refractivity contribution in [1.82, 2.24) is 8.87 Å². The van der Waals surface area contributed by atoms with Crippen LogP contribution in [0.4, 0.5) is 0 Å². The molecule has 0 atom stereocenters. The molecule has 2 aromatic carbocycles. The van der Waals surface area contributed by atoms with Crippen LogP contribution in [0.25, 0.3) is 10.2 Å². The lowest BCUT2D eigenvalue weighted by Gasteiger charge is -2.19. The Labute approximate surface area is 219 Å². The first kappa shape index (κ1) is 26.8. The first-order valence-electron chi connectivity index (χ1n) is 11.8. The van der Waals surface area contributed by atoms with Crippen LogP contribution in [0.2, 0.25) is 0 Å². The molecule has 0 bridgehead atoms. The van der Waals surface area contributed by atoms with Gasteiger partial charge in [0, 0.05) is 30.8 Å². The standard InChI is InChI=1S/C25H29N3O7S2/c1-33-20-14-19-22(15-21(20)34-2)36-25(28(19)16-23(29)35-3)26-24(30)17-8-10-18(11-9-17)37(31,32)27-12-6-4-5-7-13-27/h8-11,14-15H,4-7,12-13,16H2,1-3H3. The molecule has 1 aliphatic heterocycles. The number of hydrogen-bond donors (Lipinski definition) is 0. The number of carbonyl (C=O) groups is 2. The smallest absolute Gasteiger partial charge is 0.325 e. The van der Waals surface area contributed by atoms with Crippen LogP contribution < -0.4 is 14.3 Å². The molecular weight excluding hydrogens is 518 g/mol. The van der Waals surface area contributed by atoms with Crippen molar-refractivity contribution in [3.05, 3.63) is 46.8 Å². The van der Waals surface area contributed by atoms with Crippen molar-refractivity contribution >= 4 is 43.5 Å². The molecule has 1 fully saturated rings. The van der Waals surface area contributed by atoms with E-state index in [0.29, 0.717) is 30.1 Å². The zero-order valence-electron chi connectivity index (χ0n) is 20.9. The Hall–Kier alpha value is -3.22. The van der Waals surface area contributed by atoms with Crippen LogP contribution in [0.3, 0.4) is 0 Å². The second-order valence-electron chi connectivity index (χ2n) is 8.48. The summed E-state index contributed by atoms with van der Waals surface area (Å²) in [6.07, 6.45) is 3.73. The quantitative estimate of drug-likeness (QED) is 0.417. The predicted molar refractivity (Wildman–Crippen MR) is 138 cm³/mol. The summed E-state index contributed by atoms with van der Waals surface area (Å²) in [6, 6.07) is 9.25. The van der Waals surface area contributed by atoms with E-state index in [1.54, 1.807) is 16.7 Å². The Bertz CT molecular complexity index is 1470. The molecular formula is C25H29N3O7S2. The Morgan fingerprint density at radius 1 is 0.946 bits per heavy atom. The van der Waals surface area contributed by atoms with E-state index in [1.165, 1.54) is 61.2 Å². The lowest BCUT2D eigenvalue weighted by molar-refractivity contribution is -0.141. The topological polar surface area (TPSA) is 117 Å². The number of benzene rings is 2. The van der Waals surface area contributed by atoms with Gasteiger partial charge < -0.3 is 18.8 Å². The van der Waals surface area contributed by atoms with Crippen molar-refractivity contribution in [1.29, 1.82) is 0 Å². The average Bonchev–Trinajstić information content (AvgIpc) is 3.07. The number of sulfonamides is 1. The molecule has 12 heteroatoms. The number of nitrogens with zero attached hydrogens (tertiary/aromatic N) is 3. The third-order valence-corrected chi connectivity index (χ3v) is 9.16. The highest BCUT2D eigenvalue weighted by Gasteiger charge is 2.25. The van der Waals surface area contributed by atoms with Gasteiger partial charge in [-0.05, 0) is 37.1 Å². The lowest BCUT2D eigenvalue weighted by Crippen LogP contribution is -2.31. The van der Waals surface area contributed by atoms with Crippen molar-refractivity contribution in [2.45, 2.75) is 37.1 Å². The van der Waals surface area contributed by atoms with Crippen LogP contribution in [-0.4, -0.2) is 63.6 Å². The van der Waals surface area contributed by atoms with E-state index < -0.39 is 21.9 Å². The fraction of sp³-hybridized carbons (Fsp3) is 0.400. The number of carbonyl (C=O) groups excluding carboxylic acids is 2. The maximum Gasteiger partial charge on any atom is 0.325 e. The second-order valence-corrected chi connectivity index (χ2v) is 11.4. The minimum Gasteiger partial charge on any atom is -0.493 e. The van der Waals surface area contributed by atoms with E-state index in [9.17, 15) is 18.0 Å². The maximum absolute atomic E-state index is 13.1. The third kappa shape index (κ3) is 5.71. The molecule has 2 heterocycles. The molecule has 1 saturated heterocycles. The van der Waals surface area contributed by atoms with Crippen molar-refractivity contribution in [3.8, 4) is 11.5 Å². The van der Waals surface area contributed by atoms with Crippen LogP contribution in [0, 0.1) is 0 Å². The van der Waals surface area contributed by atoms with Gasteiger partial charge in [-0.2, -0.15) is 9.30 Å². The van der Waals surface area contributed by atoms with Gasteiger partial charge in [0.05, 0.1) is 36.4 Å². The summed E-state index contributed by atoms with van der Waals surface area (Å²) in [5, 5.41) is 0. The van der Waals surface area contributed by atoms with Gasteiger partial charge in [-0.25, -0.2) is 8.42 Å². The number of rotatable bonds is 7. The molecule has 37 heavy (non-hydrogen) atoms. The van der Waals surface area contributed by atoms with Gasteiger partial charge >= 0.3 is 5.97 Å². The molecule has 0 radical (unpaired) electrons. The van der Waals surface area contributed by atoms with Gasteiger partial charge in [-0.3, -0.25) is 9.59 Å². The number of fused-ring (bicyclic) bond motifs is 1. The van der Waals surface area contributed by atoms with Crippen LogP contribution in [-0.2, 0) is 26.1 Å². The van der Waals surface area contributed by atoms with Gasteiger partial charge in [-0.15, -0.1) is 0 Å². The highest BCUT2D eigenvalue weighted by molar-refractivity contribution is 7.89. The Balaban J connectivity index is 1.70. The van der Waals surface area contributed by atoms with Gasteiger partial charge in [-0.1, -0.05) is 24.2 Å². The summed E-state index contributed by atoms with van der Waals surface area (Å²) < 4.78 is 45.5. The van der Waals surface area contributed by atoms with Crippen LogP contribution >= 0.6 is 11.3 Å². The highest BCUT2D eigenvalue weighted by Crippen LogP contribution is 2.33. The third-order valence-electron chi connectivity index (χ3n) is 6.20. The fourth-order valence-corrected chi connectivity index (χ4v) is 6.74. The first-order chi connectivity index (χ1) is 17.8. The molecule has 0 saturated carbocycles. The highest BCUT2D eigenvalue weighted by atomic mass is 32.2. The SMILES string of the molecule is COC(=O)Cn1c(=NC(=O)c2ccc(S(=O)(=O)N3CCCCCC3)cc2)sc2cc(OC)c(OC)cc21. The molecule has 198 valence electrons. The van der Waals surface area contributed by atoms with E-state index in [2.05, 4.69) is 4.99 Å². The molecule has 1 aromatic heterocycles. The molecule has 0 aliphatic carbocycles. The largest absolute Gasteiger partial charge is 0.493 e. The first-order valence-corrected chi connectivity index (χ1v) is 14.1. The fourth-order valence-electron chi connectivity index (χ4n) is 4.18. The number of aromatic nitrogens is 1. The summed E-state index contributed by atoms with van der Waals surface area (Å²) in [5.74, 6) is -0.111. The molecule has 10 nitrogen and oxygen atoms in total. The molecule has 0 N–H and O–H groups in total. The predicted octanol–water partition coefficient (Wildman–Crippen LogP) is 3.20. The second kappa shape index (κ2) is 11.4.